The first-order chi connectivity index (χ1) is 9.22. The molecule has 0 unspecified atom stereocenters. The maximum atomic E-state index is 11.9. The first-order valence-electron chi connectivity index (χ1n) is 5.73. The second kappa shape index (κ2) is 6.15. The van der Waals surface area contributed by atoms with E-state index in [0.29, 0.717) is 11.3 Å². The van der Waals surface area contributed by atoms with Crippen molar-refractivity contribution in [3.63, 3.8) is 0 Å². The van der Waals surface area contributed by atoms with E-state index in [0.717, 1.165) is 10.4 Å². The highest BCUT2D eigenvalue weighted by Gasteiger charge is 2.09. The van der Waals surface area contributed by atoms with Gasteiger partial charge in [-0.2, -0.15) is 5.10 Å². The number of carbonyl (C=O) groups excluding carboxylic acids is 1. The molecule has 0 spiro atoms. The fraction of sp³-hybridized carbons (Fsp3) is 0.143. The van der Waals surface area contributed by atoms with Crippen molar-refractivity contribution in [1.82, 2.24) is 5.43 Å². The zero-order valence-corrected chi connectivity index (χ0v) is 11.5. The molecule has 5 heteroatoms. The normalized spacial score (nSPS) is 10.6. The van der Waals surface area contributed by atoms with Crippen LogP contribution in [0.2, 0.25) is 0 Å². The van der Waals surface area contributed by atoms with E-state index in [4.69, 9.17) is 4.74 Å². The van der Waals surface area contributed by atoms with Crippen molar-refractivity contribution in [3.8, 4) is 5.75 Å². The van der Waals surface area contributed by atoms with Gasteiger partial charge in [-0.15, -0.1) is 11.3 Å². The average Bonchev–Trinajstić information content (AvgIpc) is 2.84. The van der Waals surface area contributed by atoms with Gasteiger partial charge in [-0.25, -0.2) is 5.43 Å². The van der Waals surface area contributed by atoms with E-state index in [1.807, 2.05) is 24.4 Å². The molecule has 1 amide bonds. The van der Waals surface area contributed by atoms with Crippen molar-refractivity contribution in [3.05, 3.63) is 51.7 Å². The third kappa shape index (κ3) is 3.20. The molecule has 2 rings (SSSR count). The number of para-hydroxylation sites is 1. The van der Waals surface area contributed by atoms with Crippen molar-refractivity contribution in [1.29, 1.82) is 0 Å². The third-order valence-electron chi connectivity index (χ3n) is 2.60. The average molecular weight is 274 g/mol. The zero-order chi connectivity index (χ0) is 13.7. The summed E-state index contributed by atoms with van der Waals surface area (Å²) in [6.45, 7) is 2.00. The van der Waals surface area contributed by atoms with E-state index in [1.165, 1.54) is 7.11 Å². The monoisotopic (exact) mass is 274 g/mol. The maximum absolute atomic E-state index is 11.9. The predicted octanol–water partition coefficient (Wildman–Crippen LogP) is 2.83. The lowest BCUT2D eigenvalue weighted by atomic mass is 10.2. The smallest absolute Gasteiger partial charge is 0.275 e. The molecule has 19 heavy (non-hydrogen) atoms. The minimum Gasteiger partial charge on any atom is -0.496 e. The van der Waals surface area contributed by atoms with Gasteiger partial charge in [0.2, 0.25) is 0 Å². The highest BCUT2D eigenvalue weighted by atomic mass is 32.1. The molecule has 4 nitrogen and oxygen atoms in total. The number of thiophene rings is 1. The predicted molar refractivity (Wildman–Crippen MR) is 77.1 cm³/mol. The summed E-state index contributed by atoms with van der Waals surface area (Å²) < 4.78 is 5.13. The van der Waals surface area contributed by atoms with E-state index in [-0.39, 0.29) is 5.91 Å². The number of rotatable bonds is 4. The summed E-state index contributed by atoms with van der Waals surface area (Å²) in [6, 6.07) is 9.04. The van der Waals surface area contributed by atoms with Crippen LogP contribution < -0.4 is 10.2 Å². The molecular weight excluding hydrogens is 260 g/mol. The van der Waals surface area contributed by atoms with E-state index >= 15 is 0 Å². The van der Waals surface area contributed by atoms with Crippen molar-refractivity contribution in [2.24, 2.45) is 5.10 Å². The molecule has 1 N–H and O–H groups in total. The molecule has 0 saturated heterocycles. The summed E-state index contributed by atoms with van der Waals surface area (Å²) in [6.07, 6.45) is 1.65. The Hall–Kier alpha value is -2.14. The van der Waals surface area contributed by atoms with Crippen LogP contribution in [0.5, 0.6) is 5.75 Å². The molecule has 98 valence electrons. The quantitative estimate of drug-likeness (QED) is 0.688. The van der Waals surface area contributed by atoms with Crippen molar-refractivity contribution in [2.75, 3.05) is 7.11 Å². The number of methoxy groups -OCH3 is 1. The number of nitrogens with one attached hydrogen (secondary N) is 1. The lowest BCUT2D eigenvalue weighted by molar-refractivity contribution is 0.0952. The minimum absolute atomic E-state index is 0.289. The molecular formula is C14H14N2O2S. The first kappa shape index (κ1) is 13.3. The molecule has 0 aliphatic heterocycles. The van der Waals surface area contributed by atoms with E-state index < -0.39 is 0 Å². The lowest BCUT2D eigenvalue weighted by Gasteiger charge is -2.05. The molecule has 2 aromatic rings. The van der Waals surface area contributed by atoms with Crippen molar-refractivity contribution >= 4 is 23.5 Å². The molecule has 0 aliphatic carbocycles. The Labute approximate surface area is 115 Å². The molecule has 1 heterocycles. The highest BCUT2D eigenvalue weighted by Crippen LogP contribution is 2.17. The van der Waals surface area contributed by atoms with Crippen LogP contribution in [-0.4, -0.2) is 19.2 Å². The summed E-state index contributed by atoms with van der Waals surface area (Å²) in [5, 5.41) is 5.94. The molecule has 0 aliphatic rings. The largest absolute Gasteiger partial charge is 0.496 e. The number of hydrogen-bond acceptors (Lipinski definition) is 4. The van der Waals surface area contributed by atoms with E-state index in [2.05, 4.69) is 10.5 Å². The molecule has 0 radical (unpaired) electrons. The van der Waals surface area contributed by atoms with Gasteiger partial charge in [0.05, 0.1) is 18.9 Å². The zero-order valence-electron chi connectivity index (χ0n) is 10.7. The van der Waals surface area contributed by atoms with Crippen LogP contribution >= 0.6 is 11.3 Å². The van der Waals surface area contributed by atoms with Crippen LogP contribution in [0, 0.1) is 6.92 Å². The summed E-state index contributed by atoms with van der Waals surface area (Å²) in [4.78, 5) is 13.0. The van der Waals surface area contributed by atoms with E-state index in [9.17, 15) is 4.79 Å². The number of hydrogen-bond donors (Lipinski definition) is 1. The van der Waals surface area contributed by atoms with Gasteiger partial charge < -0.3 is 4.74 Å². The second-order valence-electron chi connectivity index (χ2n) is 3.87. The lowest BCUT2D eigenvalue weighted by Crippen LogP contribution is -2.18. The fourth-order valence-corrected chi connectivity index (χ4v) is 2.34. The third-order valence-corrected chi connectivity index (χ3v) is 3.55. The molecule has 1 aromatic heterocycles. The van der Waals surface area contributed by atoms with Crippen LogP contribution in [-0.2, 0) is 0 Å². The Morgan fingerprint density at radius 3 is 2.84 bits per heavy atom. The van der Waals surface area contributed by atoms with Crippen molar-refractivity contribution < 1.29 is 9.53 Å². The van der Waals surface area contributed by atoms with Crippen LogP contribution in [0.3, 0.4) is 0 Å². The van der Waals surface area contributed by atoms with Gasteiger partial charge in [0, 0.05) is 4.88 Å². The number of aryl methyl sites for hydroxylation is 1. The molecule has 0 bridgehead atoms. The number of benzene rings is 1. The maximum Gasteiger partial charge on any atom is 0.275 e. The number of ether oxygens (including phenoxy) is 1. The Bertz CT molecular complexity index is 605. The number of nitrogens with zero attached hydrogens (tertiary/aromatic N) is 1. The van der Waals surface area contributed by atoms with Crippen LogP contribution in [0.15, 0.2) is 40.8 Å². The molecule has 0 atom stereocenters. The van der Waals surface area contributed by atoms with Gasteiger partial charge in [-0.1, -0.05) is 12.1 Å². The number of amides is 1. The Morgan fingerprint density at radius 2 is 2.16 bits per heavy atom. The second-order valence-corrected chi connectivity index (χ2v) is 4.81. The minimum atomic E-state index is -0.289. The van der Waals surface area contributed by atoms with Crippen LogP contribution in [0.25, 0.3) is 0 Å². The fourth-order valence-electron chi connectivity index (χ4n) is 1.56. The number of hydrazone groups is 1. The standard InChI is InChI=1S/C14H14N2O2S/c1-10-7-8-19-13(10)9-15-16-14(17)11-5-3-4-6-12(11)18-2/h3-9H,1-2H3,(H,16,17)/b15-9+. The van der Waals surface area contributed by atoms with Gasteiger partial charge in [-0.3, -0.25) is 4.79 Å². The van der Waals surface area contributed by atoms with Gasteiger partial charge in [0.15, 0.2) is 0 Å². The Balaban J connectivity index is 2.06. The Kier molecular flexibility index (Phi) is 4.30. The van der Waals surface area contributed by atoms with Gasteiger partial charge >= 0.3 is 0 Å². The van der Waals surface area contributed by atoms with Gasteiger partial charge in [-0.05, 0) is 36.1 Å². The van der Waals surface area contributed by atoms with Gasteiger partial charge in [0.1, 0.15) is 5.75 Å². The van der Waals surface area contributed by atoms with E-state index in [1.54, 1.807) is 35.8 Å². The molecule has 1 aromatic carbocycles. The SMILES string of the molecule is COc1ccccc1C(=O)N/N=C/c1sccc1C. The summed E-state index contributed by atoms with van der Waals surface area (Å²) in [5.74, 6) is 0.241. The first-order valence-corrected chi connectivity index (χ1v) is 6.61. The van der Waals surface area contributed by atoms with Crippen LogP contribution in [0.1, 0.15) is 20.8 Å². The topological polar surface area (TPSA) is 50.7 Å². The summed E-state index contributed by atoms with van der Waals surface area (Å²) in [7, 11) is 1.53. The number of carbonyl (C=O) groups is 1. The molecule has 0 saturated carbocycles. The summed E-state index contributed by atoms with van der Waals surface area (Å²) in [5.41, 5.74) is 4.10. The highest BCUT2D eigenvalue weighted by molar-refractivity contribution is 7.11. The summed E-state index contributed by atoms with van der Waals surface area (Å²) >= 11 is 1.58. The molecule has 0 fully saturated rings. The Morgan fingerprint density at radius 1 is 1.37 bits per heavy atom. The van der Waals surface area contributed by atoms with Crippen LogP contribution in [0.4, 0.5) is 0 Å². The van der Waals surface area contributed by atoms with Crippen molar-refractivity contribution in [2.45, 2.75) is 6.92 Å². The van der Waals surface area contributed by atoms with Gasteiger partial charge in [0.25, 0.3) is 5.91 Å².